The summed E-state index contributed by atoms with van der Waals surface area (Å²) >= 11 is 0. The lowest BCUT2D eigenvalue weighted by atomic mass is 10.3. The summed E-state index contributed by atoms with van der Waals surface area (Å²) in [6.45, 7) is -1.59. The number of aromatic nitrogens is 1. The molecule has 0 bridgehead atoms. The van der Waals surface area contributed by atoms with Crippen LogP contribution < -0.4 is 4.74 Å². The number of rotatable bonds is 4. The number of carbonyl (C=O) groups excluding carboxylic acids is 1. The molecule has 0 spiro atoms. The fourth-order valence-electron chi connectivity index (χ4n) is 0.956. The molecule has 0 aliphatic carbocycles. The zero-order valence-electron chi connectivity index (χ0n) is 8.25. The Labute approximate surface area is 89.0 Å². The van der Waals surface area contributed by atoms with E-state index < -0.39 is 24.4 Å². The van der Waals surface area contributed by atoms with Crippen LogP contribution in [0.1, 0.15) is 17.3 Å². The second-order valence-corrected chi connectivity index (χ2v) is 2.59. The average Bonchev–Trinajstić information content (AvgIpc) is 2.16. The third kappa shape index (κ3) is 3.11. The van der Waals surface area contributed by atoms with Gasteiger partial charge in [-0.25, -0.2) is 4.79 Å². The Morgan fingerprint density at radius 2 is 2.19 bits per heavy atom. The largest absolute Gasteiger partial charge is 0.462 e. The van der Waals surface area contributed by atoms with E-state index in [0.717, 1.165) is 12.1 Å². The van der Waals surface area contributed by atoms with Gasteiger partial charge in [0.1, 0.15) is 5.56 Å². The molecule has 4 nitrogen and oxygen atoms in total. The third-order valence-corrected chi connectivity index (χ3v) is 1.52. The summed E-state index contributed by atoms with van der Waals surface area (Å²) in [4.78, 5) is 14.3. The van der Waals surface area contributed by atoms with Gasteiger partial charge in [0.05, 0.1) is 6.61 Å². The van der Waals surface area contributed by atoms with Crippen molar-refractivity contribution in [1.29, 1.82) is 0 Å². The first-order valence-electron chi connectivity index (χ1n) is 4.33. The SMILES string of the molecule is CCOC(=O)c1ccc(F)nc1OC(F)F. The summed E-state index contributed by atoms with van der Waals surface area (Å²) in [5, 5.41) is 0. The van der Waals surface area contributed by atoms with Crippen molar-refractivity contribution in [3.63, 3.8) is 0 Å². The number of halogens is 3. The van der Waals surface area contributed by atoms with Crippen LogP contribution in [0.4, 0.5) is 13.2 Å². The topological polar surface area (TPSA) is 48.4 Å². The quantitative estimate of drug-likeness (QED) is 0.591. The average molecular weight is 235 g/mol. The van der Waals surface area contributed by atoms with Crippen molar-refractivity contribution < 1.29 is 27.4 Å². The number of carbonyl (C=O) groups is 1. The highest BCUT2D eigenvalue weighted by atomic mass is 19.3. The maximum absolute atomic E-state index is 12.7. The number of hydrogen-bond donors (Lipinski definition) is 0. The van der Waals surface area contributed by atoms with Crippen LogP contribution >= 0.6 is 0 Å². The van der Waals surface area contributed by atoms with Crippen molar-refractivity contribution in [2.75, 3.05) is 6.61 Å². The molecule has 0 fully saturated rings. The first kappa shape index (κ1) is 12.3. The van der Waals surface area contributed by atoms with Crippen molar-refractivity contribution in [3.8, 4) is 5.88 Å². The van der Waals surface area contributed by atoms with Gasteiger partial charge in [0.2, 0.25) is 11.8 Å². The first-order chi connectivity index (χ1) is 7.54. The van der Waals surface area contributed by atoms with Crippen molar-refractivity contribution in [2.45, 2.75) is 13.5 Å². The number of alkyl halides is 2. The first-order valence-corrected chi connectivity index (χ1v) is 4.33. The van der Waals surface area contributed by atoms with Gasteiger partial charge in [-0.2, -0.15) is 18.2 Å². The second-order valence-electron chi connectivity index (χ2n) is 2.59. The molecule has 0 unspecified atom stereocenters. The molecule has 88 valence electrons. The van der Waals surface area contributed by atoms with Gasteiger partial charge in [0.25, 0.3) is 0 Å². The lowest BCUT2D eigenvalue weighted by Crippen LogP contribution is -2.12. The normalized spacial score (nSPS) is 10.3. The molecule has 7 heteroatoms. The van der Waals surface area contributed by atoms with E-state index in [2.05, 4.69) is 14.5 Å². The van der Waals surface area contributed by atoms with Crippen molar-refractivity contribution in [1.82, 2.24) is 4.98 Å². The minimum Gasteiger partial charge on any atom is -0.462 e. The molecule has 0 saturated carbocycles. The Morgan fingerprint density at radius 1 is 1.50 bits per heavy atom. The van der Waals surface area contributed by atoms with Crippen LogP contribution in [0, 0.1) is 5.95 Å². The monoisotopic (exact) mass is 235 g/mol. The van der Waals surface area contributed by atoms with Gasteiger partial charge in [-0.1, -0.05) is 0 Å². The Morgan fingerprint density at radius 3 is 2.75 bits per heavy atom. The molecular formula is C9H8F3NO3. The van der Waals surface area contributed by atoms with Crippen LogP contribution in [-0.4, -0.2) is 24.2 Å². The molecular weight excluding hydrogens is 227 g/mol. The van der Waals surface area contributed by atoms with E-state index in [9.17, 15) is 18.0 Å². The number of esters is 1. The third-order valence-electron chi connectivity index (χ3n) is 1.52. The number of pyridine rings is 1. The minimum atomic E-state index is -3.19. The molecule has 1 rings (SSSR count). The second kappa shape index (κ2) is 5.34. The van der Waals surface area contributed by atoms with Gasteiger partial charge in [-0.05, 0) is 19.1 Å². The molecule has 1 heterocycles. The molecule has 0 aliphatic heterocycles. The highest BCUT2D eigenvalue weighted by molar-refractivity contribution is 5.91. The van der Waals surface area contributed by atoms with Crippen molar-refractivity contribution in [2.24, 2.45) is 0 Å². The zero-order chi connectivity index (χ0) is 12.1. The predicted octanol–water partition coefficient (Wildman–Crippen LogP) is 2.00. The highest BCUT2D eigenvalue weighted by Crippen LogP contribution is 2.19. The predicted molar refractivity (Wildman–Crippen MR) is 46.8 cm³/mol. The molecule has 0 saturated heterocycles. The Balaban J connectivity index is 3.02. The molecule has 0 aliphatic rings. The Kier molecular flexibility index (Phi) is 4.10. The Hall–Kier alpha value is -1.79. The van der Waals surface area contributed by atoms with Crippen LogP contribution in [0.25, 0.3) is 0 Å². The van der Waals surface area contributed by atoms with Gasteiger partial charge in [-0.15, -0.1) is 0 Å². The Bertz CT molecular complexity index is 384. The van der Waals surface area contributed by atoms with E-state index in [0.29, 0.717) is 0 Å². The smallest absolute Gasteiger partial charge is 0.388 e. The molecule has 1 aromatic heterocycles. The zero-order valence-corrected chi connectivity index (χ0v) is 8.25. The van der Waals surface area contributed by atoms with Crippen molar-refractivity contribution >= 4 is 5.97 Å². The summed E-state index contributed by atoms with van der Waals surface area (Å²) in [7, 11) is 0. The van der Waals surface area contributed by atoms with E-state index in [-0.39, 0.29) is 12.2 Å². The summed E-state index contributed by atoms with van der Waals surface area (Å²) in [6, 6.07) is 1.82. The summed E-state index contributed by atoms with van der Waals surface area (Å²) in [6.07, 6.45) is 0. The van der Waals surface area contributed by atoms with E-state index >= 15 is 0 Å². The molecule has 0 N–H and O–H groups in total. The molecule has 0 aromatic carbocycles. The number of ether oxygens (including phenoxy) is 2. The van der Waals surface area contributed by atoms with Crippen LogP contribution in [0.5, 0.6) is 5.88 Å². The van der Waals surface area contributed by atoms with Crippen LogP contribution in [0.3, 0.4) is 0 Å². The lowest BCUT2D eigenvalue weighted by molar-refractivity contribution is -0.0538. The van der Waals surface area contributed by atoms with Crippen LogP contribution in [-0.2, 0) is 4.74 Å². The van der Waals surface area contributed by atoms with Gasteiger partial charge in [0.15, 0.2) is 0 Å². The van der Waals surface area contributed by atoms with Gasteiger partial charge in [0, 0.05) is 0 Å². The minimum absolute atomic E-state index is 0.0598. The molecule has 16 heavy (non-hydrogen) atoms. The molecule has 0 atom stereocenters. The van der Waals surface area contributed by atoms with Crippen molar-refractivity contribution in [3.05, 3.63) is 23.6 Å². The summed E-state index contributed by atoms with van der Waals surface area (Å²) in [5.74, 6) is -2.71. The molecule has 1 aromatic rings. The lowest BCUT2D eigenvalue weighted by Gasteiger charge is -2.08. The van der Waals surface area contributed by atoms with Gasteiger partial charge < -0.3 is 9.47 Å². The van der Waals surface area contributed by atoms with Gasteiger partial charge in [-0.3, -0.25) is 0 Å². The van der Waals surface area contributed by atoms with Crippen LogP contribution in [0.15, 0.2) is 12.1 Å². The fourth-order valence-corrected chi connectivity index (χ4v) is 0.956. The van der Waals surface area contributed by atoms with E-state index in [1.807, 2.05) is 0 Å². The highest BCUT2D eigenvalue weighted by Gasteiger charge is 2.19. The standard InChI is InChI=1S/C9H8F3NO3/c1-2-15-8(14)5-3-4-6(10)13-7(5)16-9(11)12/h3-4,9H,2H2,1H3. The van der Waals surface area contributed by atoms with Gasteiger partial charge >= 0.3 is 12.6 Å². The van der Waals surface area contributed by atoms with E-state index in [4.69, 9.17) is 0 Å². The maximum Gasteiger partial charge on any atom is 0.388 e. The number of nitrogens with zero attached hydrogens (tertiary/aromatic N) is 1. The van der Waals surface area contributed by atoms with E-state index in [1.165, 1.54) is 0 Å². The summed E-state index contributed by atoms with van der Waals surface area (Å²) < 4.78 is 45.0. The van der Waals surface area contributed by atoms with E-state index in [1.54, 1.807) is 6.92 Å². The summed E-state index contributed by atoms with van der Waals surface area (Å²) in [5.41, 5.74) is -0.344. The maximum atomic E-state index is 12.7. The number of hydrogen-bond acceptors (Lipinski definition) is 4. The molecule has 0 radical (unpaired) electrons. The molecule has 0 amide bonds. The fraction of sp³-hybridized carbons (Fsp3) is 0.333. The van der Waals surface area contributed by atoms with Crippen LogP contribution in [0.2, 0.25) is 0 Å².